The number of terminal acetylenes is 1. The van der Waals surface area contributed by atoms with E-state index in [1.165, 1.54) is 0 Å². The molecule has 1 atom stereocenters. The van der Waals surface area contributed by atoms with Crippen molar-refractivity contribution in [1.29, 1.82) is 0 Å². The molecule has 1 aromatic carbocycles. The van der Waals surface area contributed by atoms with Crippen LogP contribution in [-0.2, 0) is 4.74 Å². The van der Waals surface area contributed by atoms with Gasteiger partial charge in [0.05, 0.1) is 18.9 Å². The van der Waals surface area contributed by atoms with E-state index in [1.54, 1.807) is 0 Å². The first-order chi connectivity index (χ1) is 11.2. The minimum atomic E-state index is -0.0983. The van der Waals surface area contributed by atoms with Crippen LogP contribution in [0.25, 0.3) is 0 Å². The number of rotatable bonds is 6. The molecule has 0 spiro atoms. The lowest BCUT2D eigenvalue weighted by atomic mass is 9.99. The highest BCUT2D eigenvalue weighted by Crippen LogP contribution is 2.25. The van der Waals surface area contributed by atoms with Crippen LogP contribution in [0, 0.1) is 18.3 Å². The molecule has 23 heavy (non-hydrogen) atoms. The van der Waals surface area contributed by atoms with Gasteiger partial charge >= 0.3 is 6.03 Å². The Labute approximate surface area is 138 Å². The number of likely N-dealkylation sites (tertiary alicyclic amines) is 1. The number of carbonyl (C=O) groups is 1. The highest BCUT2D eigenvalue weighted by atomic mass is 16.5. The lowest BCUT2D eigenvalue weighted by molar-refractivity contribution is 0.0883. The maximum absolute atomic E-state index is 12.5. The first kappa shape index (κ1) is 17.2. The lowest BCUT2D eigenvalue weighted by Crippen LogP contribution is -2.43. The van der Waals surface area contributed by atoms with Crippen molar-refractivity contribution in [1.82, 2.24) is 4.90 Å². The number of anilines is 1. The van der Waals surface area contributed by atoms with E-state index in [1.807, 2.05) is 36.1 Å². The van der Waals surface area contributed by atoms with Crippen molar-refractivity contribution >= 4 is 11.7 Å². The summed E-state index contributed by atoms with van der Waals surface area (Å²) in [6, 6.07) is 7.37. The van der Waals surface area contributed by atoms with Gasteiger partial charge in [-0.3, -0.25) is 0 Å². The van der Waals surface area contributed by atoms with Crippen LogP contribution < -0.4 is 10.1 Å². The van der Waals surface area contributed by atoms with Gasteiger partial charge in [-0.25, -0.2) is 4.79 Å². The number of amides is 2. The standard InChI is InChI=1S/C18H24N2O3/c1-3-12-22-14-15-8-7-11-20(13-15)18(21)19-16-9-5-6-10-17(16)23-4-2/h1,5-6,9-10,15H,4,7-8,11-14H2,2H3,(H,19,21). The van der Waals surface area contributed by atoms with Crippen molar-refractivity contribution in [2.24, 2.45) is 5.92 Å². The van der Waals surface area contributed by atoms with Crippen LogP contribution in [0.2, 0.25) is 0 Å². The molecule has 0 radical (unpaired) electrons. The Hall–Kier alpha value is -2.19. The fourth-order valence-corrected chi connectivity index (χ4v) is 2.72. The molecule has 5 heteroatoms. The fourth-order valence-electron chi connectivity index (χ4n) is 2.72. The fraction of sp³-hybridized carbons (Fsp3) is 0.500. The normalized spacial score (nSPS) is 17.4. The van der Waals surface area contributed by atoms with E-state index in [-0.39, 0.29) is 6.03 Å². The number of ether oxygens (including phenoxy) is 2. The van der Waals surface area contributed by atoms with E-state index in [2.05, 4.69) is 11.2 Å². The van der Waals surface area contributed by atoms with Crippen molar-refractivity contribution in [2.45, 2.75) is 19.8 Å². The number of benzene rings is 1. The van der Waals surface area contributed by atoms with Gasteiger partial charge < -0.3 is 19.7 Å². The summed E-state index contributed by atoms with van der Waals surface area (Å²) >= 11 is 0. The molecule has 1 saturated heterocycles. The lowest BCUT2D eigenvalue weighted by Gasteiger charge is -2.32. The van der Waals surface area contributed by atoms with Crippen LogP contribution in [0.5, 0.6) is 5.75 Å². The van der Waals surface area contributed by atoms with Gasteiger partial charge in [-0.05, 0) is 31.9 Å². The van der Waals surface area contributed by atoms with Crippen LogP contribution in [0.3, 0.4) is 0 Å². The molecule has 2 rings (SSSR count). The third-order valence-electron chi connectivity index (χ3n) is 3.77. The van der Waals surface area contributed by atoms with Crippen LogP contribution in [0.4, 0.5) is 10.5 Å². The molecule has 1 fully saturated rings. The monoisotopic (exact) mass is 316 g/mol. The SMILES string of the molecule is C#CCOCC1CCCN(C(=O)Nc2ccccc2OCC)C1. The van der Waals surface area contributed by atoms with Crippen LogP contribution in [0.15, 0.2) is 24.3 Å². The van der Waals surface area contributed by atoms with Crippen molar-refractivity contribution in [3.05, 3.63) is 24.3 Å². The minimum Gasteiger partial charge on any atom is -0.492 e. The number of piperidine rings is 1. The van der Waals surface area contributed by atoms with E-state index in [4.69, 9.17) is 15.9 Å². The van der Waals surface area contributed by atoms with Gasteiger partial charge in [-0.15, -0.1) is 6.42 Å². The summed E-state index contributed by atoms with van der Waals surface area (Å²) < 4.78 is 10.9. The zero-order chi connectivity index (χ0) is 16.5. The summed E-state index contributed by atoms with van der Waals surface area (Å²) in [6.07, 6.45) is 7.22. The predicted molar refractivity (Wildman–Crippen MR) is 90.6 cm³/mol. The third-order valence-corrected chi connectivity index (χ3v) is 3.77. The molecule has 124 valence electrons. The summed E-state index contributed by atoms with van der Waals surface area (Å²) in [7, 11) is 0. The Kier molecular flexibility index (Phi) is 6.76. The molecule has 1 N–H and O–H groups in total. The Balaban J connectivity index is 1.91. The second kappa shape index (κ2) is 9.06. The summed E-state index contributed by atoms with van der Waals surface area (Å²) in [6.45, 7) is 4.85. The van der Waals surface area contributed by atoms with Gasteiger partial charge in [0.15, 0.2) is 0 Å². The predicted octanol–water partition coefficient (Wildman–Crippen LogP) is 2.98. The van der Waals surface area contributed by atoms with Crippen molar-refractivity contribution in [3.8, 4) is 18.1 Å². The van der Waals surface area contributed by atoms with E-state index in [0.29, 0.717) is 43.7 Å². The number of hydrogen-bond donors (Lipinski definition) is 1. The number of hydrogen-bond acceptors (Lipinski definition) is 3. The van der Waals surface area contributed by atoms with Gasteiger partial charge in [0, 0.05) is 19.0 Å². The molecule has 1 aliphatic rings. The van der Waals surface area contributed by atoms with Crippen molar-refractivity contribution in [2.75, 3.05) is 38.2 Å². The molecule has 1 aliphatic heterocycles. The number of carbonyl (C=O) groups excluding carboxylic acids is 1. The summed E-state index contributed by atoms with van der Waals surface area (Å²) in [5.41, 5.74) is 0.699. The Morgan fingerprint density at radius 2 is 2.30 bits per heavy atom. The summed E-state index contributed by atoms with van der Waals surface area (Å²) in [5.74, 6) is 3.49. The smallest absolute Gasteiger partial charge is 0.321 e. The molecular weight excluding hydrogens is 292 g/mol. The van der Waals surface area contributed by atoms with Gasteiger partial charge in [0.2, 0.25) is 0 Å². The average molecular weight is 316 g/mol. The number of urea groups is 1. The molecule has 1 heterocycles. The summed E-state index contributed by atoms with van der Waals surface area (Å²) in [5, 5.41) is 2.94. The van der Waals surface area contributed by atoms with Gasteiger partial charge in [0.1, 0.15) is 12.4 Å². The quantitative estimate of drug-likeness (QED) is 0.648. The van der Waals surface area contributed by atoms with E-state index < -0.39 is 0 Å². The number of nitrogens with zero attached hydrogens (tertiary/aromatic N) is 1. The molecule has 0 saturated carbocycles. The highest BCUT2D eigenvalue weighted by Gasteiger charge is 2.24. The van der Waals surface area contributed by atoms with E-state index in [9.17, 15) is 4.79 Å². The number of nitrogens with one attached hydrogen (secondary N) is 1. The summed E-state index contributed by atoms with van der Waals surface area (Å²) in [4.78, 5) is 14.3. The molecule has 2 amide bonds. The Morgan fingerprint density at radius 3 is 3.09 bits per heavy atom. The van der Waals surface area contributed by atoms with E-state index in [0.717, 1.165) is 19.4 Å². The maximum atomic E-state index is 12.5. The zero-order valence-electron chi connectivity index (χ0n) is 13.6. The third kappa shape index (κ3) is 5.19. The number of para-hydroxylation sites is 2. The molecule has 1 unspecified atom stereocenters. The largest absolute Gasteiger partial charge is 0.492 e. The van der Waals surface area contributed by atoms with E-state index >= 15 is 0 Å². The van der Waals surface area contributed by atoms with Crippen molar-refractivity contribution < 1.29 is 14.3 Å². The van der Waals surface area contributed by atoms with Gasteiger partial charge in [0.25, 0.3) is 0 Å². The van der Waals surface area contributed by atoms with Crippen LogP contribution >= 0.6 is 0 Å². The maximum Gasteiger partial charge on any atom is 0.321 e. The first-order valence-corrected chi connectivity index (χ1v) is 8.03. The minimum absolute atomic E-state index is 0.0983. The zero-order valence-corrected chi connectivity index (χ0v) is 13.6. The van der Waals surface area contributed by atoms with Gasteiger partial charge in [-0.1, -0.05) is 18.1 Å². The molecular formula is C18H24N2O3. The molecule has 0 aliphatic carbocycles. The molecule has 0 aromatic heterocycles. The molecule has 1 aromatic rings. The van der Waals surface area contributed by atoms with Crippen LogP contribution in [0.1, 0.15) is 19.8 Å². The second-order valence-electron chi connectivity index (χ2n) is 5.53. The Morgan fingerprint density at radius 1 is 1.48 bits per heavy atom. The topological polar surface area (TPSA) is 50.8 Å². The van der Waals surface area contributed by atoms with Crippen LogP contribution in [-0.4, -0.2) is 43.8 Å². The average Bonchev–Trinajstić information content (AvgIpc) is 2.57. The molecule has 5 nitrogen and oxygen atoms in total. The highest BCUT2D eigenvalue weighted by molar-refractivity contribution is 5.91. The van der Waals surface area contributed by atoms with Crippen molar-refractivity contribution in [3.63, 3.8) is 0 Å². The second-order valence-corrected chi connectivity index (χ2v) is 5.53. The Bertz CT molecular complexity index is 553. The first-order valence-electron chi connectivity index (χ1n) is 8.03. The molecule has 0 bridgehead atoms. The van der Waals surface area contributed by atoms with Gasteiger partial charge in [-0.2, -0.15) is 0 Å².